The largest absolute Gasteiger partial charge is 0.417 e. The molecule has 9 heteroatoms. The first-order valence-corrected chi connectivity index (χ1v) is 7.38. The second-order valence-electron chi connectivity index (χ2n) is 4.31. The monoisotopic (exact) mass is 341 g/mol. The molecule has 1 N–H and O–H groups in total. The van der Waals surface area contributed by atoms with Gasteiger partial charge in [-0.15, -0.1) is 0 Å². The van der Waals surface area contributed by atoms with E-state index in [4.69, 9.17) is 11.6 Å². The van der Waals surface area contributed by atoms with E-state index in [-0.39, 0.29) is 0 Å². The van der Waals surface area contributed by atoms with Gasteiger partial charge in [-0.3, -0.25) is 4.79 Å². The first-order chi connectivity index (χ1) is 9.45. The predicted octanol–water partition coefficient (Wildman–Crippen LogP) is 3.13. The lowest BCUT2D eigenvalue weighted by atomic mass is 10.2. The molecule has 0 radical (unpaired) electrons. The normalized spacial score (nSPS) is 11.9. The Kier molecular flexibility index (Phi) is 5.06. The van der Waals surface area contributed by atoms with Crippen LogP contribution in [0.1, 0.15) is 19.4 Å². The fraction of sp³-hybridized carbons (Fsp3) is 0.250. The van der Waals surface area contributed by atoms with Crippen LogP contribution in [0.25, 0.3) is 0 Å². The van der Waals surface area contributed by atoms with Gasteiger partial charge in [0.05, 0.1) is 10.6 Å². The van der Waals surface area contributed by atoms with Gasteiger partial charge in [0.1, 0.15) is 4.90 Å². The van der Waals surface area contributed by atoms with E-state index in [2.05, 4.69) is 0 Å². The van der Waals surface area contributed by atoms with Gasteiger partial charge >= 0.3 is 6.18 Å². The van der Waals surface area contributed by atoms with Gasteiger partial charge in [0.2, 0.25) is 0 Å². The summed E-state index contributed by atoms with van der Waals surface area (Å²) in [6.07, 6.45) is -3.98. The number of hydrogen-bond acceptors (Lipinski definition) is 3. The zero-order chi connectivity index (χ0) is 16.4. The fourth-order valence-electron chi connectivity index (χ4n) is 1.48. The minimum atomic E-state index is -4.92. The average Bonchev–Trinajstić information content (AvgIpc) is 2.24. The number of allylic oxidation sites excluding steroid dienone is 1. The van der Waals surface area contributed by atoms with Crippen molar-refractivity contribution >= 4 is 27.5 Å². The fourth-order valence-corrected chi connectivity index (χ4v) is 3.18. The Labute approximate surface area is 124 Å². The van der Waals surface area contributed by atoms with E-state index in [1.165, 1.54) is 18.6 Å². The number of carbonyl (C=O) groups excluding carboxylic acids is 1. The molecule has 0 heterocycles. The Morgan fingerprint density at radius 2 is 1.86 bits per heavy atom. The van der Waals surface area contributed by atoms with Gasteiger partial charge < -0.3 is 0 Å². The van der Waals surface area contributed by atoms with Crippen LogP contribution in [0.15, 0.2) is 34.7 Å². The van der Waals surface area contributed by atoms with Gasteiger partial charge in [-0.1, -0.05) is 23.2 Å². The number of benzene rings is 1. The second kappa shape index (κ2) is 6.07. The smallest absolute Gasteiger partial charge is 0.269 e. The maximum absolute atomic E-state index is 12.9. The molecule has 1 amide bonds. The van der Waals surface area contributed by atoms with Crippen molar-refractivity contribution < 1.29 is 26.4 Å². The molecule has 0 spiro atoms. The molecular formula is C12H11ClF3NO3S. The summed E-state index contributed by atoms with van der Waals surface area (Å²) >= 11 is 5.56. The minimum Gasteiger partial charge on any atom is -0.269 e. The number of carbonyl (C=O) groups is 1. The molecule has 0 fully saturated rings. The van der Waals surface area contributed by atoms with Crippen LogP contribution >= 0.6 is 11.6 Å². The third-order valence-corrected chi connectivity index (χ3v) is 4.07. The molecule has 1 rings (SSSR count). The molecule has 0 saturated heterocycles. The molecule has 1 aromatic carbocycles. The summed E-state index contributed by atoms with van der Waals surface area (Å²) in [5.41, 5.74) is -0.953. The number of hydrogen-bond donors (Lipinski definition) is 1. The lowest BCUT2D eigenvalue weighted by molar-refractivity contribution is -0.140. The molecule has 1 aromatic rings. The van der Waals surface area contributed by atoms with Crippen LogP contribution in [0.3, 0.4) is 0 Å². The van der Waals surface area contributed by atoms with Gasteiger partial charge in [0.15, 0.2) is 0 Å². The van der Waals surface area contributed by atoms with Crippen LogP contribution in [-0.2, 0) is 21.0 Å². The van der Waals surface area contributed by atoms with E-state index in [0.717, 1.165) is 18.2 Å². The molecule has 0 unspecified atom stereocenters. The molecule has 0 bridgehead atoms. The lowest BCUT2D eigenvalue weighted by Gasteiger charge is -2.14. The van der Waals surface area contributed by atoms with Crippen LogP contribution in [0.4, 0.5) is 13.2 Å². The summed E-state index contributed by atoms with van der Waals surface area (Å²) in [4.78, 5) is 10.3. The topological polar surface area (TPSA) is 63.2 Å². The number of nitrogens with one attached hydrogen (secondary N) is 1. The molecule has 21 heavy (non-hydrogen) atoms. The summed E-state index contributed by atoms with van der Waals surface area (Å²) in [7, 11) is -4.75. The summed E-state index contributed by atoms with van der Waals surface area (Å²) in [5, 5.41) is -0.623. The number of amides is 1. The highest BCUT2D eigenvalue weighted by Gasteiger charge is 2.38. The van der Waals surface area contributed by atoms with Crippen molar-refractivity contribution in [2.24, 2.45) is 0 Å². The highest BCUT2D eigenvalue weighted by atomic mass is 35.5. The number of sulfonamides is 1. The van der Waals surface area contributed by atoms with E-state index in [0.29, 0.717) is 11.6 Å². The minimum absolute atomic E-state index is 0.484. The SMILES string of the molecule is CC(C)=CC(=O)NS(=O)(=O)c1c(Cl)cccc1C(F)(F)F. The van der Waals surface area contributed by atoms with Crippen LogP contribution < -0.4 is 4.72 Å². The molecule has 0 atom stereocenters. The number of halogens is 4. The molecule has 0 aliphatic heterocycles. The van der Waals surface area contributed by atoms with Crippen molar-refractivity contribution in [2.75, 3.05) is 0 Å². The standard InChI is InChI=1S/C12H11ClF3NO3S/c1-7(2)6-10(18)17-21(19,20)11-8(12(14,15)16)4-3-5-9(11)13/h3-6H,1-2H3,(H,17,18). The number of rotatable bonds is 3. The molecule has 0 aliphatic carbocycles. The maximum Gasteiger partial charge on any atom is 0.417 e. The highest BCUT2D eigenvalue weighted by Crippen LogP contribution is 2.37. The van der Waals surface area contributed by atoms with Crippen molar-refractivity contribution in [3.63, 3.8) is 0 Å². The van der Waals surface area contributed by atoms with Gasteiger partial charge in [-0.05, 0) is 26.0 Å². The Balaban J connectivity index is 3.39. The number of alkyl halides is 3. The van der Waals surface area contributed by atoms with E-state index in [9.17, 15) is 26.4 Å². The molecular weight excluding hydrogens is 331 g/mol. The van der Waals surface area contributed by atoms with Crippen molar-refractivity contribution in [1.29, 1.82) is 0 Å². The quantitative estimate of drug-likeness (QED) is 0.859. The molecule has 0 aliphatic rings. The zero-order valence-electron chi connectivity index (χ0n) is 11.0. The first kappa shape index (κ1) is 17.5. The van der Waals surface area contributed by atoms with Crippen molar-refractivity contribution in [1.82, 2.24) is 4.72 Å². The Hall–Kier alpha value is -1.54. The first-order valence-electron chi connectivity index (χ1n) is 5.52. The van der Waals surface area contributed by atoms with E-state index in [1.54, 1.807) is 0 Å². The van der Waals surface area contributed by atoms with Crippen LogP contribution in [0.2, 0.25) is 5.02 Å². The van der Waals surface area contributed by atoms with E-state index >= 15 is 0 Å². The Bertz CT molecular complexity index is 692. The van der Waals surface area contributed by atoms with Crippen LogP contribution in [0, 0.1) is 0 Å². The Morgan fingerprint density at radius 1 is 1.29 bits per heavy atom. The second-order valence-corrected chi connectivity index (χ2v) is 6.33. The van der Waals surface area contributed by atoms with Gasteiger partial charge in [0.25, 0.3) is 15.9 Å². The molecule has 0 aromatic heterocycles. The summed E-state index contributed by atoms with van der Waals surface area (Å²) < 4.78 is 64.0. The summed E-state index contributed by atoms with van der Waals surface area (Å²) in [6.45, 7) is 3.06. The molecule has 116 valence electrons. The third-order valence-electron chi connectivity index (χ3n) is 2.20. The van der Waals surface area contributed by atoms with E-state index < -0.39 is 37.6 Å². The zero-order valence-corrected chi connectivity index (χ0v) is 12.5. The van der Waals surface area contributed by atoms with Crippen molar-refractivity contribution in [2.45, 2.75) is 24.9 Å². The van der Waals surface area contributed by atoms with Crippen molar-refractivity contribution in [3.8, 4) is 0 Å². The maximum atomic E-state index is 12.9. The summed E-state index contributed by atoms with van der Waals surface area (Å²) in [6, 6.07) is 2.55. The van der Waals surface area contributed by atoms with Crippen molar-refractivity contribution in [3.05, 3.63) is 40.4 Å². The van der Waals surface area contributed by atoms with Gasteiger partial charge in [-0.2, -0.15) is 13.2 Å². The Morgan fingerprint density at radius 3 is 2.33 bits per heavy atom. The average molecular weight is 342 g/mol. The predicted molar refractivity (Wildman–Crippen MR) is 71.2 cm³/mol. The lowest BCUT2D eigenvalue weighted by Crippen LogP contribution is -2.31. The highest BCUT2D eigenvalue weighted by molar-refractivity contribution is 7.90. The van der Waals surface area contributed by atoms with Gasteiger partial charge in [0, 0.05) is 6.08 Å². The third kappa shape index (κ3) is 4.47. The summed E-state index contributed by atoms with van der Waals surface area (Å²) in [5.74, 6) is -1.05. The molecule has 0 saturated carbocycles. The van der Waals surface area contributed by atoms with Gasteiger partial charge in [-0.25, -0.2) is 13.1 Å². The van der Waals surface area contributed by atoms with Crippen LogP contribution in [-0.4, -0.2) is 14.3 Å². The van der Waals surface area contributed by atoms with Crippen LogP contribution in [0.5, 0.6) is 0 Å². The van der Waals surface area contributed by atoms with E-state index in [1.807, 2.05) is 0 Å². The molecule has 4 nitrogen and oxygen atoms in total.